The lowest BCUT2D eigenvalue weighted by Gasteiger charge is -2.29. The molecule has 5 heteroatoms. The fraction of sp³-hybridized carbons (Fsp3) is 0.333. The molecule has 0 bridgehead atoms. The van der Waals surface area contributed by atoms with Crippen LogP contribution >= 0.6 is 0 Å². The van der Waals surface area contributed by atoms with Crippen molar-refractivity contribution in [3.8, 4) is 16.9 Å². The van der Waals surface area contributed by atoms with Crippen LogP contribution in [0.3, 0.4) is 0 Å². The number of benzene rings is 3. The van der Waals surface area contributed by atoms with Crippen LogP contribution in [0.25, 0.3) is 32.8 Å². The van der Waals surface area contributed by atoms with Gasteiger partial charge in [0, 0.05) is 29.1 Å². The first-order chi connectivity index (χ1) is 16.6. The molecular formula is C30H31NO4. The number of ether oxygens (including phenoxy) is 2. The minimum atomic E-state index is -1.13. The molecule has 3 aromatic carbocycles. The Hall–Kier alpha value is -3.44. The molecular weight excluding hydrogens is 438 g/mol. The molecule has 0 fully saturated rings. The van der Waals surface area contributed by atoms with Crippen molar-refractivity contribution in [2.24, 2.45) is 0 Å². The summed E-state index contributed by atoms with van der Waals surface area (Å²) >= 11 is 0. The van der Waals surface area contributed by atoms with Gasteiger partial charge in [-0.15, -0.1) is 0 Å². The summed E-state index contributed by atoms with van der Waals surface area (Å²) in [4.78, 5) is 17.4. The molecule has 0 amide bonds. The Balaban J connectivity index is 1.94. The van der Waals surface area contributed by atoms with Gasteiger partial charge in [-0.05, 0) is 98.3 Å². The quantitative estimate of drug-likeness (QED) is 0.354. The molecule has 35 heavy (non-hydrogen) atoms. The predicted octanol–water partition coefficient (Wildman–Crippen LogP) is 6.86. The summed E-state index contributed by atoms with van der Waals surface area (Å²) in [6.45, 7) is 12.5. The van der Waals surface area contributed by atoms with Gasteiger partial charge in [0.1, 0.15) is 5.75 Å². The Labute approximate surface area is 205 Å². The van der Waals surface area contributed by atoms with Crippen LogP contribution in [0, 0.1) is 20.8 Å². The SMILES string of the molecule is Cc1cc2c(C)c(C)ccc2c(-c2ccc3c4c(ccnc24)CCO3)c1[C@H](OC(C)(C)C)C(=O)O. The average molecular weight is 470 g/mol. The number of carboxylic acids is 1. The van der Waals surface area contributed by atoms with E-state index in [9.17, 15) is 9.90 Å². The summed E-state index contributed by atoms with van der Waals surface area (Å²) in [5.41, 5.74) is 7.07. The highest BCUT2D eigenvalue weighted by Crippen LogP contribution is 2.45. The molecule has 0 spiro atoms. The number of nitrogens with zero attached hydrogens (tertiary/aromatic N) is 1. The fourth-order valence-electron chi connectivity index (χ4n) is 5.20. The van der Waals surface area contributed by atoms with Crippen molar-refractivity contribution in [2.45, 2.75) is 59.7 Å². The van der Waals surface area contributed by atoms with Crippen LogP contribution in [-0.4, -0.2) is 28.3 Å². The van der Waals surface area contributed by atoms with Gasteiger partial charge in [-0.3, -0.25) is 4.98 Å². The molecule has 0 aliphatic carbocycles. The van der Waals surface area contributed by atoms with E-state index in [2.05, 4.69) is 32.0 Å². The minimum absolute atomic E-state index is 0.642. The zero-order valence-electron chi connectivity index (χ0n) is 21.2. The highest BCUT2D eigenvalue weighted by Gasteiger charge is 2.32. The number of pyridine rings is 1. The van der Waals surface area contributed by atoms with Gasteiger partial charge in [0.25, 0.3) is 0 Å². The van der Waals surface area contributed by atoms with Crippen LogP contribution in [0.1, 0.15) is 54.7 Å². The van der Waals surface area contributed by atoms with E-state index in [1.807, 2.05) is 52.1 Å². The van der Waals surface area contributed by atoms with Crippen LogP contribution in [0.2, 0.25) is 0 Å². The van der Waals surface area contributed by atoms with E-state index in [0.29, 0.717) is 12.2 Å². The summed E-state index contributed by atoms with van der Waals surface area (Å²) in [6.07, 6.45) is 1.53. The van der Waals surface area contributed by atoms with Crippen molar-refractivity contribution < 1.29 is 19.4 Å². The van der Waals surface area contributed by atoms with Crippen LogP contribution in [0.15, 0.2) is 42.6 Å². The summed E-state index contributed by atoms with van der Waals surface area (Å²) in [7, 11) is 0. The Morgan fingerprint density at radius 2 is 1.83 bits per heavy atom. The molecule has 5 nitrogen and oxygen atoms in total. The first kappa shape index (κ1) is 23.3. The summed E-state index contributed by atoms with van der Waals surface area (Å²) in [6, 6.07) is 12.3. The number of carbonyl (C=O) groups is 1. The van der Waals surface area contributed by atoms with Gasteiger partial charge < -0.3 is 14.6 Å². The van der Waals surface area contributed by atoms with Gasteiger partial charge in [0.05, 0.1) is 17.7 Å². The topological polar surface area (TPSA) is 68.7 Å². The van der Waals surface area contributed by atoms with E-state index in [1.165, 1.54) is 16.7 Å². The smallest absolute Gasteiger partial charge is 0.337 e. The van der Waals surface area contributed by atoms with E-state index in [1.54, 1.807) is 0 Å². The number of aromatic nitrogens is 1. The average Bonchev–Trinajstić information content (AvgIpc) is 2.80. The maximum atomic E-state index is 12.6. The highest BCUT2D eigenvalue weighted by atomic mass is 16.5. The lowest BCUT2D eigenvalue weighted by molar-refractivity contribution is -0.160. The van der Waals surface area contributed by atoms with E-state index in [0.717, 1.165) is 50.5 Å². The summed E-state index contributed by atoms with van der Waals surface area (Å²) in [5, 5.41) is 13.5. The number of hydrogen-bond donors (Lipinski definition) is 1. The number of aryl methyl sites for hydroxylation is 3. The van der Waals surface area contributed by atoms with Gasteiger partial charge in [0.2, 0.25) is 0 Å². The molecule has 1 aromatic heterocycles. The zero-order valence-corrected chi connectivity index (χ0v) is 21.2. The van der Waals surface area contributed by atoms with Crippen molar-refractivity contribution >= 4 is 27.6 Å². The number of carboxylic acid groups (broad SMARTS) is 1. The van der Waals surface area contributed by atoms with Gasteiger partial charge >= 0.3 is 5.97 Å². The number of hydrogen-bond acceptors (Lipinski definition) is 4. The third-order valence-electron chi connectivity index (χ3n) is 6.91. The maximum Gasteiger partial charge on any atom is 0.337 e. The summed E-state index contributed by atoms with van der Waals surface area (Å²) < 4.78 is 12.1. The molecule has 0 radical (unpaired) electrons. The first-order valence-corrected chi connectivity index (χ1v) is 12.0. The van der Waals surface area contributed by atoms with Crippen LogP contribution < -0.4 is 4.74 Å². The van der Waals surface area contributed by atoms with Gasteiger partial charge in [-0.1, -0.05) is 18.2 Å². The first-order valence-electron chi connectivity index (χ1n) is 12.0. The Morgan fingerprint density at radius 3 is 2.54 bits per heavy atom. The molecule has 180 valence electrons. The second kappa shape index (κ2) is 8.35. The van der Waals surface area contributed by atoms with Crippen molar-refractivity contribution in [1.29, 1.82) is 0 Å². The van der Waals surface area contributed by atoms with Crippen LogP contribution in [0.4, 0.5) is 0 Å². The molecule has 1 aliphatic rings. The standard InChI is InChI=1S/C30H31NO4/c1-16-7-8-20-22(18(16)3)15-17(2)24(28(29(32)33)35-30(4,5)6)26(20)21-9-10-23-25-19(12-14-34-23)11-13-31-27(21)25/h7-11,13,15,28H,12,14H2,1-6H3,(H,32,33)/t28-/m0/s1. The largest absolute Gasteiger partial charge is 0.493 e. The molecule has 0 saturated heterocycles. The van der Waals surface area contributed by atoms with Gasteiger partial charge in [0.15, 0.2) is 6.10 Å². The number of rotatable bonds is 4. The van der Waals surface area contributed by atoms with Gasteiger partial charge in [-0.2, -0.15) is 0 Å². The van der Waals surface area contributed by atoms with Crippen molar-refractivity contribution in [3.05, 3.63) is 70.4 Å². The normalized spacial score (nSPS) is 14.2. The molecule has 2 heterocycles. The van der Waals surface area contributed by atoms with Crippen molar-refractivity contribution in [2.75, 3.05) is 6.61 Å². The molecule has 0 unspecified atom stereocenters. The molecule has 1 atom stereocenters. The highest BCUT2D eigenvalue weighted by molar-refractivity contribution is 6.09. The minimum Gasteiger partial charge on any atom is -0.493 e. The molecule has 1 N–H and O–H groups in total. The van der Waals surface area contributed by atoms with Crippen LogP contribution in [-0.2, 0) is 16.0 Å². The van der Waals surface area contributed by atoms with E-state index in [4.69, 9.17) is 14.5 Å². The van der Waals surface area contributed by atoms with E-state index < -0.39 is 17.7 Å². The lowest BCUT2D eigenvalue weighted by Crippen LogP contribution is -2.28. The maximum absolute atomic E-state index is 12.6. The van der Waals surface area contributed by atoms with E-state index in [-0.39, 0.29) is 0 Å². The Bertz CT molecular complexity index is 1490. The predicted molar refractivity (Wildman–Crippen MR) is 139 cm³/mol. The Kier molecular flexibility index (Phi) is 5.56. The monoisotopic (exact) mass is 469 g/mol. The molecule has 1 aliphatic heterocycles. The summed E-state index contributed by atoms with van der Waals surface area (Å²) in [5.74, 6) is -0.184. The molecule has 5 rings (SSSR count). The Morgan fingerprint density at radius 1 is 1.06 bits per heavy atom. The zero-order chi connectivity index (χ0) is 25.1. The van der Waals surface area contributed by atoms with Crippen LogP contribution in [0.5, 0.6) is 5.75 Å². The lowest BCUT2D eigenvalue weighted by atomic mass is 9.84. The number of aliphatic carboxylic acids is 1. The van der Waals surface area contributed by atoms with Crippen molar-refractivity contribution in [1.82, 2.24) is 4.98 Å². The second-order valence-electron chi connectivity index (χ2n) is 10.4. The third-order valence-corrected chi connectivity index (χ3v) is 6.91. The third kappa shape index (κ3) is 3.94. The fourth-order valence-corrected chi connectivity index (χ4v) is 5.20. The van der Waals surface area contributed by atoms with Gasteiger partial charge in [-0.25, -0.2) is 4.79 Å². The molecule has 0 saturated carbocycles. The molecule has 4 aromatic rings. The van der Waals surface area contributed by atoms with E-state index >= 15 is 0 Å². The number of fused-ring (bicyclic) bond motifs is 1. The van der Waals surface area contributed by atoms with Crippen molar-refractivity contribution in [3.63, 3.8) is 0 Å². The second-order valence-corrected chi connectivity index (χ2v) is 10.4.